The van der Waals surface area contributed by atoms with Crippen LogP contribution in [-0.2, 0) is 0 Å². The smallest absolute Gasteiger partial charge is 0.192 e. The first-order chi connectivity index (χ1) is 8.72. The third kappa shape index (κ3) is 2.52. The van der Waals surface area contributed by atoms with E-state index in [1.165, 1.54) is 6.20 Å². The van der Waals surface area contributed by atoms with E-state index in [0.29, 0.717) is 16.5 Å². The summed E-state index contributed by atoms with van der Waals surface area (Å²) in [4.78, 5) is 3.99. The SMILES string of the molecule is N/C(=N/O)c1ncccc1Oc1ccccc1Cl. The molecule has 0 aliphatic heterocycles. The van der Waals surface area contributed by atoms with E-state index in [2.05, 4.69) is 10.1 Å². The summed E-state index contributed by atoms with van der Waals surface area (Å²) in [6.07, 6.45) is 1.52. The van der Waals surface area contributed by atoms with Gasteiger partial charge in [-0.3, -0.25) is 0 Å². The Hall–Kier alpha value is -2.27. The zero-order valence-corrected chi connectivity index (χ0v) is 10.0. The summed E-state index contributed by atoms with van der Waals surface area (Å²) in [5.74, 6) is 0.706. The molecule has 0 radical (unpaired) electrons. The number of para-hydroxylation sites is 1. The maximum atomic E-state index is 8.67. The van der Waals surface area contributed by atoms with Gasteiger partial charge in [0.1, 0.15) is 5.75 Å². The molecule has 0 fully saturated rings. The summed E-state index contributed by atoms with van der Waals surface area (Å²) in [5.41, 5.74) is 5.76. The third-order valence-electron chi connectivity index (χ3n) is 2.18. The number of amidine groups is 1. The van der Waals surface area contributed by atoms with E-state index in [0.717, 1.165) is 0 Å². The van der Waals surface area contributed by atoms with Crippen LogP contribution in [0.5, 0.6) is 11.5 Å². The van der Waals surface area contributed by atoms with Gasteiger partial charge in [0.15, 0.2) is 17.3 Å². The molecule has 0 saturated heterocycles. The van der Waals surface area contributed by atoms with Crippen molar-refractivity contribution in [3.63, 3.8) is 0 Å². The molecule has 92 valence electrons. The van der Waals surface area contributed by atoms with Crippen molar-refractivity contribution < 1.29 is 9.94 Å². The Bertz CT molecular complexity index is 587. The zero-order chi connectivity index (χ0) is 13.0. The van der Waals surface area contributed by atoms with E-state index < -0.39 is 0 Å². The number of ether oxygens (including phenoxy) is 1. The zero-order valence-electron chi connectivity index (χ0n) is 9.25. The Balaban J connectivity index is 2.38. The summed E-state index contributed by atoms with van der Waals surface area (Å²) < 4.78 is 5.60. The van der Waals surface area contributed by atoms with Gasteiger partial charge in [0.05, 0.1) is 5.02 Å². The van der Waals surface area contributed by atoms with Gasteiger partial charge in [-0.25, -0.2) is 4.98 Å². The van der Waals surface area contributed by atoms with E-state index in [-0.39, 0.29) is 11.5 Å². The molecule has 0 spiro atoms. The van der Waals surface area contributed by atoms with Gasteiger partial charge in [-0.1, -0.05) is 28.9 Å². The average molecular weight is 264 g/mol. The molecule has 18 heavy (non-hydrogen) atoms. The van der Waals surface area contributed by atoms with Crippen molar-refractivity contribution in [1.82, 2.24) is 4.98 Å². The second kappa shape index (κ2) is 5.37. The van der Waals surface area contributed by atoms with Crippen LogP contribution in [0.15, 0.2) is 47.8 Å². The average Bonchev–Trinajstić information content (AvgIpc) is 2.41. The van der Waals surface area contributed by atoms with Gasteiger partial charge in [0.2, 0.25) is 0 Å². The van der Waals surface area contributed by atoms with Gasteiger partial charge in [0.25, 0.3) is 0 Å². The molecule has 0 unspecified atom stereocenters. The number of halogens is 1. The maximum Gasteiger partial charge on any atom is 0.192 e. The predicted molar refractivity (Wildman–Crippen MR) is 68.3 cm³/mol. The van der Waals surface area contributed by atoms with Crippen LogP contribution in [0.25, 0.3) is 0 Å². The molecule has 6 heteroatoms. The molecule has 2 rings (SSSR count). The number of benzene rings is 1. The fourth-order valence-electron chi connectivity index (χ4n) is 1.36. The quantitative estimate of drug-likeness (QED) is 0.386. The number of rotatable bonds is 3. The highest BCUT2D eigenvalue weighted by Gasteiger charge is 2.11. The largest absolute Gasteiger partial charge is 0.453 e. The maximum absolute atomic E-state index is 8.67. The molecule has 0 aliphatic rings. The van der Waals surface area contributed by atoms with E-state index in [1.54, 1.807) is 36.4 Å². The molecule has 0 aliphatic carbocycles. The second-order valence-electron chi connectivity index (χ2n) is 3.37. The summed E-state index contributed by atoms with van der Waals surface area (Å²) in [6, 6.07) is 10.3. The number of aromatic nitrogens is 1. The fraction of sp³-hybridized carbons (Fsp3) is 0. The molecule has 0 atom stereocenters. The molecule has 3 N–H and O–H groups in total. The van der Waals surface area contributed by atoms with Gasteiger partial charge < -0.3 is 15.7 Å². The monoisotopic (exact) mass is 263 g/mol. The topological polar surface area (TPSA) is 80.7 Å². The van der Waals surface area contributed by atoms with Crippen molar-refractivity contribution >= 4 is 17.4 Å². The van der Waals surface area contributed by atoms with E-state index in [4.69, 9.17) is 27.3 Å². The Labute approximate surface area is 108 Å². The first-order valence-electron chi connectivity index (χ1n) is 5.07. The van der Waals surface area contributed by atoms with Crippen LogP contribution >= 0.6 is 11.6 Å². The minimum Gasteiger partial charge on any atom is -0.453 e. The van der Waals surface area contributed by atoms with Crippen molar-refractivity contribution in [2.75, 3.05) is 0 Å². The molecule has 0 amide bonds. The van der Waals surface area contributed by atoms with Crippen LogP contribution in [0.3, 0.4) is 0 Å². The molecule has 0 bridgehead atoms. The summed E-state index contributed by atoms with van der Waals surface area (Å²) >= 11 is 5.98. The molecule has 2 aromatic rings. The molecule has 1 aromatic carbocycles. The lowest BCUT2D eigenvalue weighted by molar-refractivity contribution is 0.318. The number of hydrogen-bond acceptors (Lipinski definition) is 4. The Morgan fingerprint density at radius 3 is 2.67 bits per heavy atom. The van der Waals surface area contributed by atoms with Gasteiger partial charge >= 0.3 is 0 Å². The molecule has 5 nitrogen and oxygen atoms in total. The minimum absolute atomic E-state index is 0.127. The van der Waals surface area contributed by atoms with Crippen LogP contribution in [0.1, 0.15) is 5.69 Å². The molecular formula is C12H10ClN3O2. The number of nitrogens with two attached hydrogens (primary N) is 1. The number of hydrogen-bond donors (Lipinski definition) is 2. The molecular weight excluding hydrogens is 254 g/mol. The van der Waals surface area contributed by atoms with Gasteiger partial charge in [-0.15, -0.1) is 0 Å². The molecule has 1 heterocycles. The standard InChI is InChI=1S/C12H10ClN3O2/c13-8-4-1-2-5-9(8)18-10-6-3-7-15-11(10)12(14)16-17/h1-7,17H,(H2,14,16). The van der Waals surface area contributed by atoms with Crippen LogP contribution in [-0.4, -0.2) is 16.0 Å². The molecule has 0 saturated carbocycles. The second-order valence-corrected chi connectivity index (χ2v) is 3.78. The first kappa shape index (κ1) is 12.2. The van der Waals surface area contributed by atoms with E-state index in [9.17, 15) is 0 Å². The number of pyridine rings is 1. The lowest BCUT2D eigenvalue weighted by Crippen LogP contribution is -2.15. The van der Waals surface area contributed by atoms with Crippen molar-refractivity contribution in [2.24, 2.45) is 10.9 Å². The van der Waals surface area contributed by atoms with Crippen LogP contribution in [0.4, 0.5) is 0 Å². The predicted octanol–water partition coefficient (Wildman–Crippen LogP) is 2.62. The van der Waals surface area contributed by atoms with Crippen LogP contribution < -0.4 is 10.5 Å². The normalized spacial score (nSPS) is 11.3. The van der Waals surface area contributed by atoms with Crippen LogP contribution in [0, 0.1) is 0 Å². The highest BCUT2D eigenvalue weighted by Crippen LogP contribution is 2.29. The summed E-state index contributed by atoms with van der Waals surface area (Å²) in [7, 11) is 0. The van der Waals surface area contributed by atoms with Crippen LogP contribution in [0.2, 0.25) is 5.02 Å². The summed E-state index contributed by atoms with van der Waals surface area (Å²) in [5, 5.41) is 12.0. The van der Waals surface area contributed by atoms with Crippen molar-refractivity contribution in [2.45, 2.75) is 0 Å². The third-order valence-corrected chi connectivity index (χ3v) is 2.49. The summed E-state index contributed by atoms with van der Waals surface area (Å²) in [6.45, 7) is 0. The van der Waals surface area contributed by atoms with Gasteiger partial charge in [-0.05, 0) is 24.3 Å². The Morgan fingerprint density at radius 2 is 1.94 bits per heavy atom. The molecule has 1 aromatic heterocycles. The Morgan fingerprint density at radius 1 is 1.22 bits per heavy atom. The minimum atomic E-state index is -0.127. The highest BCUT2D eigenvalue weighted by atomic mass is 35.5. The van der Waals surface area contributed by atoms with Crippen molar-refractivity contribution in [1.29, 1.82) is 0 Å². The van der Waals surface area contributed by atoms with Gasteiger partial charge in [0, 0.05) is 6.20 Å². The van der Waals surface area contributed by atoms with Crippen molar-refractivity contribution in [3.8, 4) is 11.5 Å². The van der Waals surface area contributed by atoms with E-state index in [1.807, 2.05) is 0 Å². The lowest BCUT2D eigenvalue weighted by atomic mass is 10.3. The fourth-order valence-corrected chi connectivity index (χ4v) is 1.53. The Kier molecular flexibility index (Phi) is 3.64. The number of oxime groups is 1. The van der Waals surface area contributed by atoms with E-state index >= 15 is 0 Å². The number of nitrogens with zero attached hydrogens (tertiary/aromatic N) is 2. The highest BCUT2D eigenvalue weighted by molar-refractivity contribution is 6.32. The lowest BCUT2D eigenvalue weighted by Gasteiger charge is -2.10. The first-order valence-corrected chi connectivity index (χ1v) is 5.45. The van der Waals surface area contributed by atoms with Crippen molar-refractivity contribution in [3.05, 3.63) is 53.3 Å². The van der Waals surface area contributed by atoms with Gasteiger partial charge in [-0.2, -0.15) is 0 Å².